The quantitative estimate of drug-likeness (QED) is 0.698. The number of hydrogen-bond donors (Lipinski definition) is 0. The van der Waals surface area contributed by atoms with Crippen molar-refractivity contribution in [2.75, 3.05) is 26.7 Å². The van der Waals surface area contributed by atoms with Crippen molar-refractivity contribution in [1.82, 2.24) is 9.80 Å². The van der Waals surface area contributed by atoms with Crippen molar-refractivity contribution in [3.05, 3.63) is 57.8 Å². The number of piperidine rings is 1. The van der Waals surface area contributed by atoms with Crippen molar-refractivity contribution in [2.45, 2.75) is 38.8 Å². The Kier molecular flexibility index (Phi) is 6.40. The summed E-state index contributed by atoms with van der Waals surface area (Å²) in [4.78, 5) is 17.4. The van der Waals surface area contributed by atoms with E-state index in [2.05, 4.69) is 58.6 Å². The molecule has 2 heterocycles. The molecule has 134 valence electrons. The summed E-state index contributed by atoms with van der Waals surface area (Å²) >= 11 is 1.57. The number of carbonyl (C=O) groups excluding carboxylic acids is 1. The van der Waals surface area contributed by atoms with Gasteiger partial charge in [0, 0.05) is 25.7 Å². The molecule has 25 heavy (non-hydrogen) atoms. The largest absolute Gasteiger partial charge is 0.301 e. The molecule has 3 rings (SSSR count). The molecule has 0 N–H and O–H groups in total. The summed E-state index contributed by atoms with van der Waals surface area (Å²) in [6.07, 6.45) is 3.66. The lowest BCUT2D eigenvalue weighted by molar-refractivity contribution is 0.102. The van der Waals surface area contributed by atoms with E-state index in [4.69, 9.17) is 0 Å². The first-order chi connectivity index (χ1) is 12.1. The lowest BCUT2D eigenvalue weighted by Crippen LogP contribution is -2.46. The molecule has 0 bridgehead atoms. The Labute approximate surface area is 155 Å². The number of nitrogens with zero attached hydrogens (tertiary/aromatic N) is 2. The fourth-order valence-corrected chi connectivity index (χ4v) is 4.39. The average Bonchev–Trinajstić information content (AvgIpc) is 3.10. The number of benzene rings is 1. The summed E-state index contributed by atoms with van der Waals surface area (Å²) in [5.74, 6) is 0.170. The minimum absolute atomic E-state index is 0.170. The molecule has 1 fully saturated rings. The maximum Gasteiger partial charge on any atom is 0.169 e. The van der Waals surface area contributed by atoms with Crippen molar-refractivity contribution >= 4 is 17.1 Å². The average molecular weight is 357 g/mol. The molecule has 0 unspecified atom stereocenters. The first kappa shape index (κ1) is 18.3. The summed E-state index contributed by atoms with van der Waals surface area (Å²) in [7, 11) is 2.22. The first-order valence-corrected chi connectivity index (χ1v) is 10.0. The first-order valence-electron chi connectivity index (χ1n) is 9.16. The third kappa shape index (κ3) is 5.24. The van der Waals surface area contributed by atoms with E-state index in [0.29, 0.717) is 6.04 Å². The molecule has 0 radical (unpaired) electrons. The summed E-state index contributed by atoms with van der Waals surface area (Å²) < 4.78 is 0. The SMILES string of the molecule is CC(=O)c1cc(CN(C)[C@H]2CCCN(CCc3ccccc3)C2)cs1. The molecular formula is C21H28N2OS. The maximum atomic E-state index is 11.5. The van der Waals surface area contributed by atoms with Crippen molar-refractivity contribution in [2.24, 2.45) is 0 Å². The highest BCUT2D eigenvalue weighted by atomic mass is 32.1. The van der Waals surface area contributed by atoms with Gasteiger partial charge in [-0.15, -0.1) is 11.3 Å². The molecule has 4 heteroatoms. The standard InChI is InChI=1S/C21H28N2OS/c1-17(24)21-13-19(16-25-21)14-22(2)20-9-6-11-23(15-20)12-10-18-7-4-3-5-8-18/h3-5,7-8,13,16,20H,6,9-12,14-15H2,1-2H3/t20-/m0/s1. The van der Waals surface area contributed by atoms with Crippen LogP contribution in [0.15, 0.2) is 41.8 Å². The molecule has 1 aromatic carbocycles. The van der Waals surface area contributed by atoms with Gasteiger partial charge in [0.1, 0.15) is 0 Å². The summed E-state index contributed by atoms with van der Waals surface area (Å²) in [5.41, 5.74) is 2.69. The Bertz CT molecular complexity index is 682. The number of ketones is 1. The van der Waals surface area contributed by atoms with E-state index in [1.54, 1.807) is 18.3 Å². The van der Waals surface area contributed by atoms with Crippen LogP contribution in [0.1, 0.15) is 40.6 Å². The summed E-state index contributed by atoms with van der Waals surface area (Å²) in [6.45, 7) is 6.07. The molecule has 0 spiro atoms. The highest BCUT2D eigenvalue weighted by Gasteiger charge is 2.23. The van der Waals surface area contributed by atoms with Crippen LogP contribution in [0.5, 0.6) is 0 Å². The molecular weight excluding hydrogens is 328 g/mol. The molecule has 1 aliphatic rings. The van der Waals surface area contributed by atoms with Crippen LogP contribution < -0.4 is 0 Å². The number of likely N-dealkylation sites (tertiary alicyclic amines) is 1. The maximum absolute atomic E-state index is 11.5. The molecule has 0 saturated carbocycles. The highest BCUT2D eigenvalue weighted by molar-refractivity contribution is 7.12. The smallest absolute Gasteiger partial charge is 0.169 e. The third-order valence-electron chi connectivity index (χ3n) is 5.10. The second kappa shape index (κ2) is 8.75. The zero-order valence-electron chi connectivity index (χ0n) is 15.3. The van der Waals surface area contributed by atoms with Crippen molar-refractivity contribution in [3.8, 4) is 0 Å². The van der Waals surface area contributed by atoms with Crippen molar-refractivity contribution in [1.29, 1.82) is 0 Å². The van der Waals surface area contributed by atoms with Crippen LogP contribution in [0, 0.1) is 0 Å². The van der Waals surface area contributed by atoms with E-state index in [-0.39, 0.29) is 5.78 Å². The van der Waals surface area contributed by atoms with Gasteiger partial charge >= 0.3 is 0 Å². The Balaban J connectivity index is 1.50. The lowest BCUT2D eigenvalue weighted by atomic mass is 10.0. The van der Waals surface area contributed by atoms with Gasteiger partial charge in [0.2, 0.25) is 0 Å². The fraction of sp³-hybridized carbons (Fsp3) is 0.476. The minimum Gasteiger partial charge on any atom is -0.301 e. The Morgan fingerprint density at radius 2 is 2.08 bits per heavy atom. The van der Waals surface area contributed by atoms with E-state index in [1.807, 2.05) is 0 Å². The van der Waals surface area contributed by atoms with Gasteiger partial charge in [0.15, 0.2) is 5.78 Å². The number of rotatable bonds is 7. The molecule has 1 aromatic heterocycles. The number of Topliss-reactive ketones (excluding diaryl/α,β-unsaturated/α-hetero) is 1. The number of likely N-dealkylation sites (N-methyl/N-ethyl adjacent to an activating group) is 1. The zero-order valence-corrected chi connectivity index (χ0v) is 16.1. The van der Waals surface area contributed by atoms with E-state index in [1.165, 1.54) is 30.5 Å². The van der Waals surface area contributed by atoms with Crippen LogP contribution in [0.3, 0.4) is 0 Å². The van der Waals surface area contributed by atoms with Crippen LogP contribution in [0.2, 0.25) is 0 Å². The van der Waals surface area contributed by atoms with Gasteiger partial charge in [-0.2, -0.15) is 0 Å². The molecule has 1 atom stereocenters. The van der Waals surface area contributed by atoms with Crippen LogP contribution in [0.25, 0.3) is 0 Å². The van der Waals surface area contributed by atoms with Gasteiger partial charge < -0.3 is 4.90 Å². The number of hydrogen-bond acceptors (Lipinski definition) is 4. The van der Waals surface area contributed by atoms with Crippen LogP contribution in [-0.2, 0) is 13.0 Å². The Morgan fingerprint density at radius 3 is 2.80 bits per heavy atom. The van der Waals surface area contributed by atoms with E-state index < -0.39 is 0 Å². The van der Waals surface area contributed by atoms with Gasteiger partial charge in [-0.1, -0.05) is 30.3 Å². The Morgan fingerprint density at radius 1 is 1.28 bits per heavy atom. The third-order valence-corrected chi connectivity index (χ3v) is 6.18. The lowest BCUT2D eigenvalue weighted by Gasteiger charge is -2.37. The van der Waals surface area contributed by atoms with Crippen LogP contribution in [-0.4, -0.2) is 48.3 Å². The van der Waals surface area contributed by atoms with Gasteiger partial charge in [-0.3, -0.25) is 9.69 Å². The zero-order chi connectivity index (χ0) is 17.6. The second-order valence-corrected chi connectivity index (χ2v) is 8.03. The molecule has 3 nitrogen and oxygen atoms in total. The monoisotopic (exact) mass is 356 g/mol. The van der Waals surface area contributed by atoms with Gasteiger partial charge in [-0.05, 0) is 62.4 Å². The minimum atomic E-state index is 0.170. The van der Waals surface area contributed by atoms with Gasteiger partial charge in [0.25, 0.3) is 0 Å². The van der Waals surface area contributed by atoms with Crippen molar-refractivity contribution < 1.29 is 4.79 Å². The molecule has 0 amide bonds. The van der Waals surface area contributed by atoms with Crippen LogP contribution in [0.4, 0.5) is 0 Å². The highest BCUT2D eigenvalue weighted by Crippen LogP contribution is 2.20. The predicted molar refractivity (Wildman–Crippen MR) is 105 cm³/mol. The summed E-state index contributed by atoms with van der Waals surface area (Å²) in [6, 6.07) is 13.4. The van der Waals surface area contributed by atoms with Gasteiger partial charge in [0.05, 0.1) is 4.88 Å². The van der Waals surface area contributed by atoms with E-state index in [0.717, 1.165) is 30.9 Å². The molecule has 1 aliphatic heterocycles. The fourth-order valence-electron chi connectivity index (χ4n) is 3.59. The predicted octanol–water partition coefficient (Wildman–Crippen LogP) is 4.09. The normalized spacial score (nSPS) is 18.6. The topological polar surface area (TPSA) is 23.6 Å². The van der Waals surface area contributed by atoms with Crippen molar-refractivity contribution in [3.63, 3.8) is 0 Å². The van der Waals surface area contributed by atoms with E-state index >= 15 is 0 Å². The second-order valence-electron chi connectivity index (χ2n) is 7.12. The molecule has 1 saturated heterocycles. The van der Waals surface area contributed by atoms with Crippen LogP contribution >= 0.6 is 11.3 Å². The Hall–Kier alpha value is -1.49. The number of carbonyl (C=O) groups is 1. The van der Waals surface area contributed by atoms with Gasteiger partial charge in [-0.25, -0.2) is 0 Å². The molecule has 0 aliphatic carbocycles. The van der Waals surface area contributed by atoms with E-state index in [9.17, 15) is 4.79 Å². The number of thiophene rings is 1. The molecule has 2 aromatic rings. The summed E-state index contributed by atoms with van der Waals surface area (Å²) in [5, 5.41) is 2.13.